The molecule has 0 heterocycles. The van der Waals surface area contributed by atoms with Crippen molar-refractivity contribution in [2.75, 3.05) is 0 Å². The molecule has 0 radical (unpaired) electrons. The highest BCUT2D eigenvalue weighted by Gasteiger charge is 2.10. The number of hydrogen-bond acceptors (Lipinski definition) is 0. The van der Waals surface area contributed by atoms with Crippen molar-refractivity contribution in [1.82, 2.24) is 0 Å². The molecule has 27 heavy (non-hydrogen) atoms. The minimum absolute atomic E-state index is 0.207. The maximum Gasteiger partial charge on any atom is 0.142 e. The molecule has 0 amide bonds. The molecule has 3 rings (SSSR count). The molecule has 134 valence electrons. The summed E-state index contributed by atoms with van der Waals surface area (Å²) in [6, 6.07) is 17.9. The molecule has 0 bridgehead atoms. The van der Waals surface area contributed by atoms with Gasteiger partial charge in [0.15, 0.2) is 0 Å². The molecule has 0 saturated carbocycles. The van der Waals surface area contributed by atoms with Crippen LogP contribution < -0.4 is 0 Å². The smallest absolute Gasteiger partial charge is 0.142 e. The van der Waals surface area contributed by atoms with Crippen molar-refractivity contribution in [1.29, 1.82) is 0 Å². The Bertz CT molecular complexity index is 978. The van der Waals surface area contributed by atoms with Crippen molar-refractivity contribution < 1.29 is 8.78 Å². The highest BCUT2D eigenvalue weighted by Crippen LogP contribution is 2.25. The highest BCUT2D eigenvalue weighted by atomic mass is 19.1. The maximum atomic E-state index is 14.5. The quantitative estimate of drug-likeness (QED) is 0.371. The molecule has 0 spiro atoms. The zero-order valence-electron chi connectivity index (χ0n) is 15.2. The van der Waals surface area contributed by atoms with Crippen LogP contribution in [0.15, 0.2) is 73.3 Å². The fraction of sp³-hybridized carbons (Fsp3) is 0.120. The summed E-state index contributed by atoms with van der Waals surface area (Å²) in [7, 11) is 0. The third-order valence-corrected chi connectivity index (χ3v) is 4.35. The van der Waals surface area contributed by atoms with E-state index in [1.807, 2.05) is 61.5 Å². The van der Waals surface area contributed by atoms with Gasteiger partial charge in [0.1, 0.15) is 11.6 Å². The van der Waals surface area contributed by atoms with E-state index in [4.69, 9.17) is 0 Å². The Morgan fingerprint density at radius 3 is 2.07 bits per heavy atom. The molecular weight excluding hydrogens is 338 g/mol. The summed E-state index contributed by atoms with van der Waals surface area (Å²) in [4.78, 5) is 0. The van der Waals surface area contributed by atoms with Gasteiger partial charge in [0.2, 0.25) is 0 Å². The van der Waals surface area contributed by atoms with E-state index in [1.165, 1.54) is 17.7 Å². The molecule has 3 aromatic carbocycles. The number of rotatable bonds is 4. The van der Waals surface area contributed by atoms with Gasteiger partial charge in [-0.3, -0.25) is 0 Å². The van der Waals surface area contributed by atoms with E-state index in [0.29, 0.717) is 5.56 Å². The summed E-state index contributed by atoms with van der Waals surface area (Å²) in [5.41, 5.74) is 4.06. The summed E-state index contributed by atoms with van der Waals surface area (Å²) in [6.45, 7) is 5.69. The standard InChI is InChI=1S/C25H20F2/c1-3-4-5-19-10-13-21(14-11-19)22-16-24(26)23(25(27)17-22)15-12-20-8-6-18(2)7-9-20/h3,6-11,13-14,16-17H,1,4-5H2,2H3. The van der Waals surface area contributed by atoms with E-state index >= 15 is 0 Å². The van der Waals surface area contributed by atoms with Crippen molar-refractivity contribution in [2.24, 2.45) is 0 Å². The second-order valence-corrected chi connectivity index (χ2v) is 6.46. The van der Waals surface area contributed by atoms with Gasteiger partial charge in [0.05, 0.1) is 5.56 Å². The third kappa shape index (κ3) is 4.71. The minimum Gasteiger partial charge on any atom is -0.205 e. The van der Waals surface area contributed by atoms with Crippen LogP contribution in [-0.4, -0.2) is 0 Å². The van der Waals surface area contributed by atoms with Crippen LogP contribution in [0.3, 0.4) is 0 Å². The van der Waals surface area contributed by atoms with Crippen LogP contribution in [-0.2, 0) is 6.42 Å². The Morgan fingerprint density at radius 1 is 0.852 bits per heavy atom. The average molecular weight is 358 g/mol. The average Bonchev–Trinajstić information content (AvgIpc) is 2.67. The van der Waals surface area contributed by atoms with Gasteiger partial charge in [-0.1, -0.05) is 59.9 Å². The lowest BCUT2D eigenvalue weighted by atomic mass is 10.00. The van der Waals surface area contributed by atoms with Crippen molar-refractivity contribution in [3.05, 3.63) is 107 Å². The molecule has 0 aliphatic rings. The molecule has 2 heteroatoms. The Kier molecular flexibility index (Phi) is 5.84. The van der Waals surface area contributed by atoms with Gasteiger partial charge >= 0.3 is 0 Å². The van der Waals surface area contributed by atoms with Crippen LogP contribution >= 0.6 is 0 Å². The molecule has 0 aliphatic carbocycles. The first kappa shape index (κ1) is 18.6. The van der Waals surface area contributed by atoms with Crippen LogP contribution in [0.25, 0.3) is 11.1 Å². The van der Waals surface area contributed by atoms with E-state index in [-0.39, 0.29) is 5.56 Å². The zero-order chi connectivity index (χ0) is 19.2. The van der Waals surface area contributed by atoms with Crippen molar-refractivity contribution >= 4 is 0 Å². The van der Waals surface area contributed by atoms with Crippen LogP contribution in [0, 0.1) is 30.4 Å². The molecule has 0 atom stereocenters. The van der Waals surface area contributed by atoms with E-state index in [2.05, 4.69) is 18.4 Å². The second-order valence-electron chi connectivity index (χ2n) is 6.46. The fourth-order valence-corrected chi connectivity index (χ4v) is 2.76. The SMILES string of the molecule is C=CCCc1ccc(-c2cc(F)c(C#Cc3ccc(C)cc3)c(F)c2)cc1. The van der Waals surface area contributed by atoms with Gasteiger partial charge in [0.25, 0.3) is 0 Å². The molecule has 0 N–H and O–H groups in total. The third-order valence-electron chi connectivity index (χ3n) is 4.35. The van der Waals surface area contributed by atoms with E-state index in [0.717, 1.165) is 29.5 Å². The van der Waals surface area contributed by atoms with Gasteiger partial charge in [-0.05, 0) is 60.7 Å². The Morgan fingerprint density at radius 2 is 1.48 bits per heavy atom. The molecule has 3 aromatic rings. The summed E-state index contributed by atoms with van der Waals surface area (Å²) < 4.78 is 28.9. The lowest BCUT2D eigenvalue weighted by molar-refractivity contribution is 0.578. The van der Waals surface area contributed by atoms with Gasteiger partial charge in [0, 0.05) is 5.56 Å². The van der Waals surface area contributed by atoms with Gasteiger partial charge in [-0.25, -0.2) is 8.78 Å². The maximum absolute atomic E-state index is 14.5. The van der Waals surface area contributed by atoms with Gasteiger partial charge < -0.3 is 0 Å². The van der Waals surface area contributed by atoms with Crippen LogP contribution in [0.5, 0.6) is 0 Å². The first-order valence-electron chi connectivity index (χ1n) is 8.85. The predicted octanol–water partition coefficient (Wildman–Crippen LogP) is 6.46. The number of benzene rings is 3. The lowest BCUT2D eigenvalue weighted by Gasteiger charge is -2.06. The molecule has 0 saturated heterocycles. The predicted molar refractivity (Wildman–Crippen MR) is 107 cm³/mol. The van der Waals surface area contributed by atoms with Crippen LogP contribution in [0.2, 0.25) is 0 Å². The first-order chi connectivity index (χ1) is 13.1. The molecular formula is C25H20F2. The van der Waals surface area contributed by atoms with Crippen molar-refractivity contribution in [3.63, 3.8) is 0 Å². The largest absolute Gasteiger partial charge is 0.205 e. The number of aryl methyl sites for hydroxylation is 2. The second kappa shape index (κ2) is 8.47. The van der Waals surface area contributed by atoms with Crippen LogP contribution in [0.1, 0.15) is 28.7 Å². The molecule has 0 unspecified atom stereocenters. The fourth-order valence-electron chi connectivity index (χ4n) is 2.76. The molecule has 0 aliphatic heterocycles. The Balaban J connectivity index is 1.86. The summed E-state index contributed by atoms with van der Waals surface area (Å²) in [6.07, 6.45) is 3.67. The van der Waals surface area contributed by atoms with Crippen molar-refractivity contribution in [2.45, 2.75) is 19.8 Å². The summed E-state index contributed by atoms with van der Waals surface area (Å²) >= 11 is 0. The topological polar surface area (TPSA) is 0 Å². The summed E-state index contributed by atoms with van der Waals surface area (Å²) in [5, 5.41) is 0. The van der Waals surface area contributed by atoms with Gasteiger partial charge in [-0.2, -0.15) is 0 Å². The number of allylic oxidation sites excluding steroid dienone is 1. The highest BCUT2D eigenvalue weighted by molar-refractivity contribution is 5.65. The van der Waals surface area contributed by atoms with E-state index in [1.54, 1.807) is 0 Å². The van der Waals surface area contributed by atoms with Crippen molar-refractivity contribution in [3.8, 4) is 23.0 Å². The van der Waals surface area contributed by atoms with Gasteiger partial charge in [-0.15, -0.1) is 6.58 Å². The normalized spacial score (nSPS) is 10.2. The minimum atomic E-state index is -0.652. The number of halogens is 2. The zero-order valence-corrected chi connectivity index (χ0v) is 15.2. The lowest BCUT2D eigenvalue weighted by Crippen LogP contribution is -1.93. The molecule has 0 nitrogen and oxygen atoms in total. The first-order valence-corrected chi connectivity index (χ1v) is 8.85. The monoisotopic (exact) mass is 358 g/mol. The Labute approximate surface area is 159 Å². The Hall–Kier alpha value is -3.18. The summed E-state index contributed by atoms with van der Waals surface area (Å²) in [5.74, 6) is 4.13. The molecule has 0 aromatic heterocycles. The van der Waals surface area contributed by atoms with E-state index < -0.39 is 11.6 Å². The number of hydrogen-bond donors (Lipinski definition) is 0. The van der Waals surface area contributed by atoms with E-state index in [9.17, 15) is 8.78 Å². The molecule has 0 fully saturated rings. The van der Waals surface area contributed by atoms with Crippen LogP contribution in [0.4, 0.5) is 8.78 Å².